The summed E-state index contributed by atoms with van der Waals surface area (Å²) in [5, 5.41) is 0. The first kappa shape index (κ1) is 13.8. The minimum absolute atomic E-state index is 1.07. The Morgan fingerprint density at radius 3 is 2.35 bits per heavy atom. The van der Waals surface area contributed by atoms with Crippen LogP contribution in [0.5, 0.6) is 5.75 Å². The van der Waals surface area contributed by atoms with Gasteiger partial charge in [-0.3, -0.25) is 0 Å². The molecule has 0 bridgehead atoms. The third-order valence-corrected chi connectivity index (χ3v) is 3.22. The van der Waals surface area contributed by atoms with Gasteiger partial charge in [-0.15, -0.1) is 0 Å². The molecule has 1 rings (SSSR count). The van der Waals surface area contributed by atoms with E-state index < -0.39 is 0 Å². The largest absolute Gasteiger partial charge is 0.496 e. The monoisotopic (exact) mass is 232 g/mol. The Balaban J connectivity index is 3.39. The molecule has 0 saturated carbocycles. The van der Waals surface area contributed by atoms with E-state index in [0.29, 0.717) is 0 Å². The molecule has 0 saturated heterocycles. The summed E-state index contributed by atoms with van der Waals surface area (Å²) in [5.74, 6) is 1.09. The molecule has 0 atom stereocenters. The summed E-state index contributed by atoms with van der Waals surface area (Å²) in [5.41, 5.74) is 5.24. The second-order valence-corrected chi connectivity index (χ2v) is 4.47. The molecule has 17 heavy (non-hydrogen) atoms. The fourth-order valence-corrected chi connectivity index (χ4v) is 2.37. The molecule has 0 heterocycles. The third-order valence-electron chi connectivity index (χ3n) is 3.22. The van der Waals surface area contributed by atoms with E-state index in [2.05, 4.69) is 33.4 Å². The molecule has 0 aliphatic heterocycles. The molecular formula is C16H24O. The molecule has 0 unspecified atom stereocenters. The lowest BCUT2D eigenvalue weighted by Gasteiger charge is -2.18. The van der Waals surface area contributed by atoms with Crippen molar-refractivity contribution in [3.8, 4) is 5.75 Å². The zero-order valence-electron chi connectivity index (χ0n) is 11.6. The van der Waals surface area contributed by atoms with Crippen molar-refractivity contribution in [3.05, 3.63) is 34.9 Å². The summed E-state index contributed by atoms with van der Waals surface area (Å²) in [6.45, 7) is 10.5. The summed E-state index contributed by atoms with van der Waals surface area (Å²) in [6, 6.07) is 2.23. The molecule has 1 aromatic rings. The third kappa shape index (κ3) is 2.91. The van der Waals surface area contributed by atoms with Crippen molar-refractivity contribution >= 4 is 6.08 Å². The van der Waals surface area contributed by atoms with E-state index in [9.17, 15) is 0 Å². The topological polar surface area (TPSA) is 9.23 Å². The number of rotatable bonds is 6. The van der Waals surface area contributed by atoms with Crippen molar-refractivity contribution in [2.45, 2.75) is 46.5 Å². The molecule has 94 valence electrons. The van der Waals surface area contributed by atoms with Crippen LogP contribution in [-0.2, 0) is 12.8 Å². The van der Waals surface area contributed by atoms with E-state index in [1.165, 1.54) is 22.3 Å². The fraction of sp³-hybridized carbons (Fsp3) is 0.500. The van der Waals surface area contributed by atoms with E-state index in [1.54, 1.807) is 7.11 Å². The molecule has 1 aromatic carbocycles. The summed E-state index contributed by atoms with van der Waals surface area (Å²) >= 11 is 0. The summed E-state index contributed by atoms with van der Waals surface area (Å²) in [4.78, 5) is 0. The minimum Gasteiger partial charge on any atom is -0.496 e. The molecule has 1 nitrogen and oxygen atoms in total. The Morgan fingerprint density at radius 1 is 1.24 bits per heavy atom. The zero-order chi connectivity index (χ0) is 12.8. The first-order valence-corrected chi connectivity index (χ1v) is 6.51. The van der Waals surface area contributed by atoms with Crippen LogP contribution in [0, 0.1) is 6.92 Å². The zero-order valence-corrected chi connectivity index (χ0v) is 11.6. The molecule has 0 amide bonds. The number of benzene rings is 1. The van der Waals surface area contributed by atoms with Crippen LogP contribution in [0.1, 0.15) is 48.9 Å². The van der Waals surface area contributed by atoms with Gasteiger partial charge in [0.05, 0.1) is 7.11 Å². The highest BCUT2D eigenvalue weighted by Crippen LogP contribution is 2.32. The predicted octanol–water partition coefficient (Wildman–Crippen LogP) is 4.55. The summed E-state index contributed by atoms with van der Waals surface area (Å²) in [7, 11) is 1.78. The second-order valence-electron chi connectivity index (χ2n) is 4.47. The van der Waals surface area contributed by atoms with Gasteiger partial charge in [-0.25, -0.2) is 0 Å². The lowest BCUT2D eigenvalue weighted by molar-refractivity contribution is 0.403. The Kier molecular flexibility index (Phi) is 5.27. The molecular weight excluding hydrogens is 208 g/mol. The molecule has 0 N–H and O–H groups in total. The van der Waals surface area contributed by atoms with Crippen molar-refractivity contribution in [1.82, 2.24) is 0 Å². The first-order chi connectivity index (χ1) is 8.19. The highest BCUT2D eigenvalue weighted by atomic mass is 16.5. The lowest BCUT2D eigenvalue weighted by Crippen LogP contribution is -2.02. The molecule has 0 aliphatic rings. The van der Waals surface area contributed by atoms with Gasteiger partial charge in [0.25, 0.3) is 0 Å². The van der Waals surface area contributed by atoms with Gasteiger partial charge in [0, 0.05) is 0 Å². The minimum atomic E-state index is 1.07. The average Bonchev–Trinajstić information content (AvgIpc) is 2.33. The summed E-state index contributed by atoms with van der Waals surface area (Å²) in [6.07, 6.45) is 6.38. The Morgan fingerprint density at radius 2 is 1.88 bits per heavy atom. The number of methoxy groups -OCH3 is 1. The van der Waals surface area contributed by atoms with Crippen LogP contribution in [0.4, 0.5) is 0 Å². The molecule has 0 spiro atoms. The normalized spacial score (nSPS) is 10.4. The van der Waals surface area contributed by atoms with Crippen LogP contribution in [0.2, 0.25) is 0 Å². The van der Waals surface area contributed by atoms with Gasteiger partial charge in [0.1, 0.15) is 5.75 Å². The number of hydrogen-bond donors (Lipinski definition) is 0. The maximum Gasteiger partial charge on any atom is 0.125 e. The maximum atomic E-state index is 5.63. The Labute approximate surface area is 106 Å². The highest BCUT2D eigenvalue weighted by molar-refractivity contribution is 5.60. The van der Waals surface area contributed by atoms with Gasteiger partial charge in [-0.2, -0.15) is 0 Å². The van der Waals surface area contributed by atoms with Crippen LogP contribution in [0.15, 0.2) is 12.6 Å². The molecule has 1 heteroatoms. The van der Waals surface area contributed by atoms with Crippen LogP contribution in [0.3, 0.4) is 0 Å². The quantitative estimate of drug-likeness (QED) is 0.699. The van der Waals surface area contributed by atoms with Gasteiger partial charge in [0.15, 0.2) is 0 Å². The van der Waals surface area contributed by atoms with Crippen LogP contribution in [0.25, 0.3) is 6.08 Å². The molecule has 0 radical (unpaired) electrons. The van der Waals surface area contributed by atoms with E-state index in [0.717, 1.165) is 31.4 Å². The maximum absolute atomic E-state index is 5.63. The van der Waals surface area contributed by atoms with Crippen LogP contribution in [-0.4, -0.2) is 7.11 Å². The number of ether oxygens (including phenoxy) is 1. The lowest BCUT2D eigenvalue weighted by atomic mass is 9.93. The van der Waals surface area contributed by atoms with Gasteiger partial charge < -0.3 is 4.74 Å². The summed E-state index contributed by atoms with van der Waals surface area (Å²) < 4.78 is 5.63. The van der Waals surface area contributed by atoms with E-state index in [-0.39, 0.29) is 0 Å². The first-order valence-electron chi connectivity index (χ1n) is 6.51. The Bertz CT molecular complexity index is 391. The average molecular weight is 232 g/mol. The van der Waals surface area contributed by atoms with E-state index >= 15 is 0 Å². The predicted molar refractivity (Wildman–Crippen MR) is 75.8 cm³/mol. The van der Waals surface area contributed by atoms with Crippen molar-refractivity contribution < 1.29 is 4.74 Å². The number of aryl methyl sites for hydroxylation is 1. The van der Waals surface area contributed by atoms with Crippen molar-refractivity contribution in [3.63, 3.8) is 0 Å². The van der Waals surface area contributed by atoms with Gasteiger partial charge in [0.2, 0.25) is 0 Å². The van der Waals surface area contributed by atoms with E-state index in [1.807, 2.05) is 6.08 Å². The molecule has 0 aromatic heterocycles. The fourth-order valence-electron chi connectivity index (χ4n) is 2.37. The molecule has 0 fully saturated rings. The van der Waals surface area contributed by atoms with Crippen LogP contribution < -0.4 is 4.74 Å². The molecule has 0 aliphatic carbocycles. The number of hydrogen-bond acceptors (Lipinski definition) is 1. The van der Waals surface area contributed by atoms with Crippen molar-refractivity contribution in [1.29, 1.82) is 0 Å². The van der Waals surface area contributed by atoms with Crippen molar-refractivity contribution in [2.75, 3.05) is 7.11 Å². The van der Waals surface area contributed by atoms with Gasteiger partial charge in [-0.05, 0) is 48.1 Å². The van der Waals surface area contributed by atoms with Gasteiger partial charge in [-0.1, -0.05) is 39.3 Å². The second kappa shape index (κ2) is 6.48. The Hall–Kier alpha value is -1.24. The van der Waals surface area contributed by atoms with Gasteiger partial charge >= 0.3 is 0 Å². The van der Waals surface area contributed by atoms with Crippen molar-refractivity contribution in [2.24, 2.45) is 0 Å². The smallest absolute Gasteiger partial charge is 0.125 e. The SMILES string of the molecule is C=Cc1cc(CCC)c(OC)c(CCC)c1C. The van der Waals surface area contributed by atoms with Crippen LogP contribution >= 0.6 is 0 Å². The standard InChI is InChI=1S/C16H24O/c1-6-9-14-11-13(8-3)12(4)15(10-7-2)16(14)17-5/h8,11H,3,6-7,9-10H2,1-2,4-5H3. The highest BCUT2D eigenvalue weighted by Gasteiger charge is 2.13. The van der Waals surface area contributed by atoms with E-state index in [4.69, 9.17) is 4.74 Å².